The molecule has 2 aliphatic rings. The molecule has 2 saturated heterocycles. The number of nitrogens with zero attached hydrogens (tertiary/aromatic N) is 4. The molecule has 2 aliphatic heterocycles. The van der Waals surface area contributed by atoms with Crippen molar-refractivity contribution in [2.75, 3.05) is 103 Å². The SMILES string of the molecule is O=C(COc1ccc(Cl)cc1Cl)OCCN1CCN(CCS(=O)(=O)O)CC1.O=C(O)C(Oc1ccc(Cl)cc1Cl)C1CN(CCS(=O)(=O)O)CCN1CCO. The van der Waals surface area contributed by atoms with Gasteiger partial charge in [-0.15, -0.1) is 0 Å². The topological polar surface area (TPSA) is 224 Å². The number of carbonyl (C=O) groups is 2. The Morgan fingerprint density at radius 1 is 0.745 bits per heavy atom. The van der Waals surface area contributed by atoms with Gasteiger partial charge < -0.3 is 24.4 Å². The van der Waals surface area contributed by atoms with Gasteiger partial charge >= 0.3 is 11.9 Å². The monoisotopic (exact) mass is 896 g/mol. The molecule has 2 aromatic carbocycles. The van der Waals surface area contributed by atoms with Crippen LogP contribution in [0.3, 0.4) is 0 Å². The average Bonchev–Trinajstić information content (AvgIpc) is 3.10. The molecule has 0 spiro atoms. The molecule has 17 nitrogen and oxygen atoms in total. The van der Waals surface area contributed by atoms with Gasteiger partial charge in [0.2, 0.25) is 6.10 Å². The Balaban J connectivity index is 0.000000296. The minimum absolute atomic E-state index is 0.0519. The van der Waals surface area contributed by atoms with Gasteiger partial charge in [-0.3, -0.25) is 28.7 Å². The van der Waals surface area contributed by atoms with E-state index >= 15 is 0 Å². The first-order valence-corrected chi connectivity index (χ1v) is 21.6. The molecular weight excluding hydrogens is 854 g/mol. The van der Waals surface area contributed by atoms with E-state index in [4.69, 9.17) is 69.7 Å². The Kier molecular flexibility index (Phi) is 19.4. The van der Waals surface area contributed by atoms with Crippen LogP contribution in [0.4, 0.5) is 0 Å². The second-order valence-electron chi connectivity index (χ2n) is 12.4. The molecule has 55 heavy (non-hydrogen) atoms. The second kappa shape index (κ2) is 22.6. The molecule has 23 heteroatoms. The highest BCUT2D eigenvalue weighted by molar-refractivity contribution is 7.86. The van der Waals surface area contributed by atoms with Crippen LogP contribution in [0.2, 0.25) is 20.1 Å². The third kappa shape index (κ3) is 17.8. The first kappa shape index (κ1) is 47.1. The van der Waals surface area contributed by atoms with Gasteiger partial charge in [-0.25, -0.2) is 9.59 Å². The number of halogens is 4. The Bertz CT molecular complexity index is 1790. The number of rotatable bonds is 18. The fourth-order valence-corrected chi connectivity index (χ4v) is 7.48. The van der Waals surface area contributed by atoms with Gasteiger partial charge in [-0.2, -0.15) is 16.8 Å². The standard InChI is InChI=1S/C16H22Cl2N2O7S.C16H22Cl2N2O6S/c17-11-1-2-14(12(18)9-11)27-15(16(22)23)13-10-19(6-8-28(24,25)26)3-4-20(13)5-7-21;17-13-1-2-15(14(18)11-13)26-12-16(21)25-9-7-19-3-5-20(6-4-19)8-10-27(22,23)24/h1-2,9,13,15,21H,3-8,10H2,(H,22,23)(H,24,25,26);1-2,11H,3-10,12H2,(H,22,23,24). The lowest BCUT2D eigenvalue weighted by Crippen LogP contribution is -2.61. The van der Waals surface area contributed by atoms with Gasteiger partial charge in [-0.05, 0) is 36.4 Å². The van der Waals surface area contributed by atoms with Crippen LogP contribution in [-0.2, 0) is 34.6 Å². The van der Waals surface area contributed by atoms with Gasteiger partial charge in [0.25, 0.3) is 20.2 Å². The molecule has 0 bridgehead atoms. The number of piperazine rings is 2. The zero-order valence-corrected chi connectivity index (χ0v) is 34.2. The Labute approximate surface area is 340 Å². The summed E-state index contributed by atoms with van der Waals surface area (Å²) in [6.07, 6.45) is -1.32. The van der Waals surface area contributed by atoms with Crippen molar-refractivity contribution in [3.63, 3.8) is 0 Å². The summed E-state index contributed by atoms with van der Waals surface area (Å²) in [5.41, 5.74) is 0. The van der Waals surface area contributed by atoms with E-state index in [1.54, 1.807) is 21.9 Å². The fourth-order valence-electron chi connectivity index (χ4n) is 5.59. The Hall–Kier alpha value is -2.24. The van der Waals surface area contributed by atoms with Gasteiger partial charge in [0.15, 0.2) is 6.61 Å². The van der Waals surface area contributed by atoms with E-state index in [2.05, 4.69) is 4.90 Å². The quantitative estimate of drug-likeness (QED) is 0.124. The van der Waals surface area contributed by atoms with Gasteiger partial charge in [-0.1, -0.05) is 46.4 Å². The summed E-state index contributed by atoms with van der Waals surface area (Å²) >= 11 is 23.7. The van der Waals surface area contributed by atoms with Gasteiger partial charge in [0.05, 0.1) is 34.2 Å². The second-order valence-corrected chi connectivity index (χ2v) is 17.2. The van der Waals surface area contributed by atoms with E-state index in [9.17, 15) is 36.6 Å². The number of carboxylic acid groups (broad SMARTS) is 1. The van der Waals surface area contributed by atoms with Gasteiger partial charge in [0.1, 0.15) is 18.1 Å². The minimum atomic E-state index is -4.13. The van der Waals surface area contributed by atoms with Gasteiger partial charge in [0, 0.05) is 82.0 Å². The maximum atomic E-state index is 11.9. The van der Waals surface area contributed by atoms with Crippen molar-refractivity contribution in [3.8, 4) is 11.5 Å². The highest BCUT2D eigenvalue weighted by atomic mass is 35.5. The van der Waals surface area contributed by atoms with Crippen LogP contribution in [0.5, 0.6) is 11.5 Å². The van der Waals surface area contributed by atoms with Crippen molar-refractivity contribution in [1.29, 1.82) is 0 Å². The number of benzene rings is 2. The molecular formula is C32H44Cl4N4O13S2. The summed E-state index contributed by atoms with van der Waals surface area (Å²) in [7, 11) is -8.06. The maximum absolute atomic E-state index is 11.9. The van der Waals surface area contributed by atoms with Crippen LogP contribution in [-0.4, -0.2) is 183 Å². The molecule has 2 aromatic rings. The lowest BCUT2D eigenvalue weighted by atomic mass is 10.1. The first-order chi connectivity index (χ1) is 25.8. The molecule has 2 atom stereocenters. The smallest absolute Gasteiger partial charge is 0.346 e. The predicted octanol–water partition coefficient (Wildman–Crippen LogP) is 2.11. The number of carbonyl (C=O) groups excluding carboxylic acids is 1. The number of aliphatic hydroxyl groups excluding tert-OH is 1. The highest BCUT2D eigenvalue weighted by Crippen LogP contribution is 2.30. The summed E-state index contributed by atoms with van der Waals surface area (Å²) < 4.78 is 77.4. The van der Waals surface area contributed by atoms with Crippen molar-refractivity contribution in [2.45, 2.75) is 12.1 Å². The van der Waals surface area contributed by atoms with Crippen LogP contribution in [0.15, 0.2) is 36.4 Å². The summed E-state index contributed by atoms with van der Waals surface area (Å²) in [6.45, 7) is 4.90. The minimum Gasteiger partial charge on any atom is -0.480 e. The number of aliphatic hydroxyl groups is 1. The zero-order chi connectivity index (χ0) is 40.8. The van der Waals surface area contributed by atoms with Crippen LogP contribution < -0.4 is 9.47 Å². The van der Waals surface area contributed by atoms with Crippen LogP contribution in [0.1, 0.15) is 0 Å². The zero-order valence-electron chi connectivity index (χ0n) is 29.5. The van der Waals surface area contributed by atoms with E-state index in [0.29, 0.717) is 60.1 Å². The normalized spacial score (nSPS) is 18.2. The maximum Gasteiger partial charge on any atom is 0.346 e. The average molecular weight is 899 g/mol. The van der Waals surface area contributed by atoms with Crippen molar-refractivity contribution in [1.82, 2.24) is 19.6 Å². The molecule has 4 N–H and O–H groups in total. The number of hydrogen-bond donors (Lipinski definition) is 4. The molecule has 4 rings (SSSR count). The lowest BCUT2D eigenvalue weighted by Gasteiger charge is -2.43. The number of β-amino-alcohol motifs (C(OH)–C–C–N with tert-alkyl or cyclic N) is 1. The number of hydrogen-bond acceptors (Lipinski definition) is 14. The Morgan fingerprint density at radius 2 is 1.25 bits per heavy atom. The fraction of sp³-hybridized carbons (Fsp3) is 0.562. The summed E-state index contributed by atoms with van der Waals surface area (Å²) in [5.74, 6) is -1.93. The van der Waals surface area contributed by atoms with Crippen LogP contribution in [0, 0.1) is 0 Å². The molecule has 0 aliphatic carbocycles. The van der Waals surface area contributed by atoms with Crippen molar-refractivity contribution in [2.24, 2.45) is 0 Å². The van der Waals surface area contributed by atoms with Crippen LogP contribution >= 0.6 is 46.4 Å². The molecule has 0 aromatic heterocycles. The number of esters is 1. The molecule has 2 fully saturated rings. The highest BCUT2D eigenvalue weighted by Gasteiger charge is 2.39. The van der Waals surface area contributed by atoms with E-state index in [1.807, 2.05) is 4.90 Å². The molecule has 2 unspecified atom stereocenters. The summed E-state index contributed by atoms with van der Waals surface area (Å²) in [5, 5.41) is 20.4. The molecule has 0 saturated carbocycles. The predicted molar refractivity (Wildman–Crippen MR) is 206 cm³/mol. The van der Waals surface area contributed by atoms with Crippen molar-refractivity contribution < 1.29 is 60.0 Å². The lowest BCUT2D eigenvalue weighted by molar-refractivity contribution is -0.150. The number of carboxylic acids is 1. The largest absolute Gasteiger partial charge is 0.480 e. The molecule has 0 amide bonds. The third-order valence-electron chi connectivity index (χ3n) is 8.45. The molecule has 2 heterocycles. The summed E-state index contributed by atoms with van der Waals surface area (Å²) in [6, 6.07) is 8.47. The van der Waals surface area contributed by atoms with E-state index in [0.717, 1.165) is 13.1 Å². The van der Waals surface area contributed by atoms with Crippen LogP contribution in [0.25, 0.3) is 0 Å². The number of ether oxygens (including phenoxy) is 3. The van der Waals surface area contributed by atoms with Crippen molar-refractivity contribution in [3.05, 3.63) is 56.5 Å². The first-order valence-electron chi connectivity index (χ1n) is 16.8. The molecule has 310 valence electrons. The molecule has 0 radical (unpaired) electrons. The third-order valence-corrected chi connectivity index (χ3v) is 10.9. The number of aliphatic carboxylic acids is 1. The Morgan fingerprint density at radius 3 is 1.76 bits per heavy atom. The van der Waals surface area contributed by atoms with E-state index < -0.39 is 50.1 Å². The van der Waals surface area contributed by atoms with E-state index in [-0.39, 0.29) is 56.0 Å². The van der Waals surface area contributed by atoms with Crippen molar-refractivity contribution >= 4 is 78.6 Å². The van der Waals surface area contributed by atoms with E-state index in [1.165, 1.54) is 24.3 Å². The summed E-state index contributed by atoms with van der Waals surface area (Å²) in [4.78, 5) is 31.3.